The summed E-state index contributed by atoms with van der Waals surface area (Å²) in [6, 6.07) is -0.475. The van der Waals surface area contributed by atoms with Gasteiger partial charge in [0.1, 0.15) is 5.78 Å². The molecule has 4 amide bonds. The number of amides is 4. The molecule has 9 nitrogen and oxygen atoms in total. The Kier molecular flexibility index (Phi) is 8.23. The molecule has 0 aromatic carbocycles. The minimum absolute atomic E-state index is 0.00121. The molecule has 10 heteroatoms. The summed E-state index contributed by atoms with van der Waals surface area (Å²) in [5, 5.41) is 5.72. The van der Waals surface area contributed by atoms with Crippen molar-refractivity contribution in [2.45, 2.75) is 32.1 Å². The average molecular weight is 392 g/mol. The summed E-state index contributed by atoms with van der Waals surface area (Å²) in [4.78, 5) is 61.0. The number of alkyl halides is 1. The molecule has 0 spiro atoms. The number of ketones is 1. The molecule has 1 aliphatic rings. The van der Waals surface area contributed by atoms with Crippen molar-refractivity contribution < 1.29 is 28.8 Å². The highest BCUT2D eigenvalue weighted by atomic mass is 79.9. The lowest BCUT2D eigenvalue weighted by atomic mass is 10.2. The molecule has 128 valence electrons. The fourth-order valence-electron chi connectivity index (χ4n) is 1.70. The van der Waals surface area contributed by atoms with E-state index in [0.717, 1.165) is 0 Å². The molecule has 0 saturated carbocycles. The van der Waals surface area contributed by atoms with E-state index in [4.69, 9.17) is 0 Å². The van der Waals surface area contributed by atoms with Gasteiger partial charge < -0.3 is 15.5 Å². The molecule has 0 aromatic heterocycles. The van der Waals surface area contributed by atoms with Crippen LogP contribution in [0.2, 0.25) is 0 Å². The lowest BCUT2D eigenvalue weighted by molar-refractivity contribution is -0.197. The van der Waals surface area contributed by atoms with Gasteiger partial charge in [0, 0.05) is 32.4 Å². The Balaban J connectivity index is 2.10. The van der Waals surface area contributed by atoms with Gasteiger partial charge >= 0.3 is 12.0 Å². The van der Waals surface area contributed by atoms with Crippen molar-refractivity contribution in [2.24, 2.45) is 0 Å². The van der Waals surface area contributed by atoms with Crippen LogP contribution in [-0.2, 0) is 24.0 Å². The second-order valence-corrected chi connectivity index (χ2v) is 5.31. The molecule has 1 rings (SSSR count). The summed E-state index contributed by atoms with van der Waals surface area (Å²) in [5.74, 6) is -1.82. The van der Waals surface area contributed by atoms with E-state index in [1.165, 1.54) is 0 Å². The fraction of sp³-hybridized carbons (Fsp3) is 0.615. The van der Waals surface area contributed by atoms with Gasteiger partial charge in [0.25, 0.3) is 11.8 Å². The first-order valence-corrected chi connectivity index (χ1v) is 8.22. The highest BCUT2D eigenvalue weighted by molar-refractivity contribution is 9.09. The van der Waals surface area contributed by atoms with Crippen LogP contribution >= 0.6 is 15.9 Å². The Bertz CT molecular complexity index is 480. The van der Waals surface area contributed by atoms with Crippen LogP contribution in [0.25, 0.3) is 0 Å². The number of urea groups is 1. The standard InChI is InChI=1S/C13H18BrN3O6/c14-8-9(18)2-1-6-15-13(22)16-7-5-12(21)23-17-10(19)3-4-11(17)20/h1-8H2,(H2,15,16,22). The lowest BCUT2D eigenvalue weighted by Gasteiger charge is -2.12. The number of Topliss-reactive ketones (excluding diaryl/α,β-unsaturated/α-hetero) is 1. The zero-order chi connectivity index (χ0) is 17.2. The molecule has 0 bridgehead atoms. The van der Waals surface area contributed by atoms with E-state index in [1.54, 1.807) is 0 Å². The normalized spacial score (nSPS) is 13.9. The maximum Gasteiger partial charge on any atom is 0.334 e. The van der Waals surface area contributed by atoms with Gasteiger partial charge in [-0.3, -0.25) is 14.4 Å². The molecule has 0 radical (unpaired) electrons. The Labute approximate surface area is 141 Å². The van der Waals surface area contributed by atoms with Gasteiger partial charge in [0.05, 0.1) is 11.8 Å². The van der Waals surface area contributed by atoms with Crippen LogP contribution in [0.1, 0.15) is 32.1 Å². The first-order chi connectivity index (χ1) is 10.9. The van der Waals surface area contributed by atoms with Crippen LogP contribution in [0.5, 0.6) is 0 Å². The summed E-state index contributed by atoms with van der Waals surface area (Å²) in [5.41, 5.74) is 0. The van der Waals surface area contributed by atoms with Crippen molar-refractivity contribution in [3.8, 4) is 0 Å². The van der Waals surface area contributed by atoms with Gasteiger partial charge in [-0.05, 0) is 6.42 Å². The Morgan fingerprint density at radius 3 is 2.26 bits per heavy atom. The molecule has 23 heavy (non-hydrogen) atoms. The zero-order valence-electron chi connectivity index (χ0n) is 12.4. The fourth-order valence-corrected chi connectivity index (χ4v) is 1.98. The monoisotopic (exact) mass is 391 g/mol. The Morgan fingerprint density at radius 1 is 1.04 bits per heavy atom. The van der Waals surface area contributed by atoms with E-state index >= 15 is 0 Å². The SMILES string of the molecule is O=C(CBr)CCCNC(=O)NCCC(=O)ON1C(=O)CCC1=O. The third-order valence-corrected chi connectivity index (χ3v) is 3.51. The zero-order valence-corrected chi connectivity index (χ0v) is 14.0. The van der Waals surface area contributed by atoms with Gasteiger partial charge in [0.2, 0.25) is 0 Å². The van der Waals surface area contributed by atoms with Gasteiger partial charge in [0.15, 0.2) is 0 Å². The Morgan fingerprint density at radius 2 is 1.65 bits per heavy atom. The van der Waals surface area contributed by atoms with Gasteiger partial charge in [-0.1, -0.05) is 15.9 Å². The number of hydrogen-bond acceptors (Lipinski definition) is 6. The maximum absolute atomic E-state index is 11.5. The maximum atomic E-state index is 11.5. The smallest absolute Gasteiger partial charge is 0.334 e. The molecule has 2 N–H and O–H groups in total. The van der Waals surface area contributed by atoms with E-state index in [1.807, 2.05) is 0 Å². The highest BCUT2D eigenvalue weighted by Gasteiger charge is 2.32. The highest BCUT2D eigenvalue weighted by Crippen LogP contribution is 2.12. The molecule has 1 heterocycles. The number of rotatable bonds is 9. The van der Waals surface area contributed by atoms with Crippen LogP contribution < -0.4 is 10.6 Å². The van der Waals surface area contributed by atoms with E-state index in [2.05, 4.69) is 31.4 Å². The second kappa shape index (κ2) is 9.93. The number of imide groups is 1. The molecule has 0 unspecified atom stereocenters. The van der Waals surface area contributed by atoms with Gasteiger partial charge in [-0.15, -0.1) is 5.06 Å². The second-order valence-electron chi connectivity index (χ2n) is 4.75. The number of nitrogens with one attached hydrogen (secondary N) is 2. The number of nitrogens with zero attached hydrogens (tertiary/aromatic N) is 1. The average Bonchev–Trinajstić information content (AvgIpc) is 2.83. The molecule has 1 aliphatic heterocycles. The molecular formula is C13H18BrN3O6. The summed E-state index contributed by atoms with van der Waals surface area (Å²) in [7, 11) is 0. The topological polar surface area (TPSA) is 122 Å². The van der Waals surface area contributed by atoms with Crippen molar-refractivity contribution in [3.05, 3.63) is 0 Å². The summed E-state index contributed by atoms with van der Waals surface area (Å²) in [6.07, 6.45) is 0.788. The predicted molar refractivity (Wildman–Crippen MR) is 81.2 cm³/mol. The van der Waals surface area contributed by atoms with E-state index < -0.39 is 23.8 Å². The number of carbonyl (C=O) groups is 5. The predicted octanol–water partition coefficient (Wildman–Crippen LogP) is 0.0271. The molecule has 0 aromatic rings. The van der Waals surface area contributed by atoms with E-state index in [0.29, 0.717) is 29.8 Å². The molecule has 0 atom stereocenters. The molecule has 1 saturated heterocycles. The summed E-state index contributed by atoms with van der Waals surface area (Å²) >= 11 is 3.04. The third kappa shape index (κ3) is 7.22. The van der Waals surface area contributed by atoms with Gasteiger partial charge in [-0.25, -0.2) is 9.59 Å². The van der Waals surface area contributed by atoms with Crippen molar-refractivity contribution in [1.82, 2.24) is 15.7 Å². The summed E-state index contributed by atoms with van der Waals surface area (Å²) < 4.78 is 0. The van der Waals surface area contributed by atoms with E-state index in [-0.39, 0.29) is 31.6 Å². The number of carbonyl (C=O) groups excluding carboxylic acids is 5. The van der Waals surface area contributed by atoms with Crippen molar-refractivity contribution >= 4 is 45.5 Å². The van der Waals surface area contributed by atoms with E-state index in [9.17, 15) is 24.0 Å². The minimum Gasteiger partial charge on any atom is -0.338 e. The molecular weight excluding hydrogens is 374 g/mol. The Hall–Kier alpha value is -1.97. The van der Waals surface area contributed by atoms with Crippen molar-refractivity contribution in [1.29, 1.82) is 0 Å². The van der Waals surface area contributed by atoms with Crippen molar-refractivity contribution in [2.75, 3.05) is 18.4 Å². The quantitative estimate of drug-likeness (QED) is 0.324. The van der Waals surface area contributed by atoms with Crippen molar-refractivity contribution in [3.63, 3.8) is 0 Å². The summed E-state index contributed by atoms with van der Waals surface area (Å²) in [6.45, 7) is 0.340. The third-order valence-electron chi connectivity index (χ3n) is 2.88. The first-order valence-electron chi connectivity index (χ1n) is 7.10. The van der Waals surface area contributed by atoms with Crippen LogP contribution in [0.4, 0.5) is 4.79 Å². The lowest BCUT2D eigenvalue weighted by Crippen LogP contribution is -2.38. The van der Waals surface area contributed by atoms with Crippen LogP contribution in [0, 0.1) is 0 Å². The first kappa shape index (κ1) is 19.1. The number of hydroxylamine groups is 2. The van der Waals surface area contributed by atoms with Crippen LogP contribution in [0.3, 0.4) is 0 Å². The molecule has 1 fully saturated rings. The molecule has 0 aliphatic carbocycles. The van der Waals surface area contributed by atoms with Crippen LogP contribution in [-0.4, -0.2) is 53.1 Å². The minimum atomic E-state index is -0.781. The van der Waals surface area contributed by atoms with Gasteiger partial charge in [-0.2, -0.15) is 0 Å². The van der Waals surface area contributed by atoms with Crippen LogP contribution in [0.15, 0.2) is 0 Å². The largest absolute Gasteiger partial charge is 0.338 e. The number of hydrogen-bond donors (Lipinski definition) is 2. The number of halogens is 1.